The maximum absolute atomic E-state index is 13.4. The Morgan fingerprint density at radius 3 is 2.03 bits per heavy atom. The number of benzene rings is 5. The van der Waals surface area contributed by atoms with E-state index in [1.165, 1.54) is 0 Å². The molecule has 0 fully saturated rings. The van der Waals surface area contributed by atoms with Crippen molar-refractivity contribution in [2.45, 2.75) is 12.3 Å². The summed E-state index contributed by atoms with van der Waals surface area (Å²) in [7, 11) is 0. The average molecular weight is 445 g/mol. The fourth-order valence-corrected chi connectivity index (χ4v) is 4.52. The second-order valence-corrected chi connectivity index (χ2v) is 8.25. The summed E-state index contributed by atoms with van der Waals surface area (Å²) in [5, 5.41) is 14.8. The predicted molar refractivity (Wildman–Crippen MR) is 138 cm³/mol. The molecular weight excluding hydrogens is 420 g/mol. The van der Waals surface area contributed by atoms with Gasteiger partial charge in [0.15, 0.2) is 0 Å². The van der Waals surface area contributed by atoms with Crippen molar-refractivity contribution in [2.24, 2.45) is 0 Å². The zero-order valence-electron chi connectivity index (χ0n) is 18.6. The molecule has 0 aliphatic rings. The van der Waals surface area contributed by atoms with Gasteiger partial charge >= 0.3 is 5.97 Å². The van der Waals surface area contributed by atoms with Crippen LogP contribution in [0.15, 0.2) is 116 Å². The number of fused-ring (bicyclic) bond motifs is 2. The zero-order valence-corrected chi connectivity index (χ0v) is 18.6. The van der Waals surface area contributed by atoms with Gasteiger partial charge in [-0.2, -0.15) is 0 Å². The summed E-state index contributed by atoms with van der Waals surface area (Å²) in [6.07, 6.45) is 2.20. The molecule has 0 unspecified atom stereocenters. The average Bonchev–Trinajstić information content (AvgIpc) is 2.88. The van der Waals surface area contributed by atoms with Gasteiger partial charge < -0.3 is 9.84 Å². The van der Waals surface area contributed by atoms with Crippen LogP contribution < -0.4 is 4.74 Å². The smallest absolute Gasteiger partial charge is 0.319 e. The molecule has 5 aromatic carbocycles. The summed E-state index contributed by atoms with van der Waals surface area (Å²) in [6.45, 7) is 3.83. The minimum absolute atomic E-state index is 0.137. The molecule has 0 heterocycles. The molecule has 0 spiro atoms. The molecule has 3 nitrogen and oxygen atoms in total. The number of carbonyl (C=O) groups is 1. The Hall–Kier alpha value is -4.37. The topological polar surface area (TPSA) is 46.5 Å². The minimum atomic E-state index is -0.473. The van der Waals surface area contributed by atoms with E-state index in [0.29, 0.717) is 23.3 Å². The molecule has 0 radical (unpaired) electrons. The first kappa shape index (κ1) is 21.5. The number of carbonyl (C=O) groups excluding carboxylic acids is 1. The first-order valence-electron chi connectivity index (χ1n) is 11.3. The van der Waals surface area contributed by atoms with E-state index >= 15 is 0 Å². The molecule has 5 rings (SSSR count). The van der Waals surface area contributed by atoms with Gasteiger partial charge in [0.05, 0.1) is 5.92 Å². The van der Waals surface area contributed by atoms with E-state index in [4.69, 9.17) is 4.74 Å². The normalized spacial score (nSPS) is 11.9. The van der Waals surface area contributed by atoms with Crippen LogP contribution in [0.3, 0.4) is 0 Å². The summed E-state index contributed by atoms with van der Waals surface area (Å²) in [5.41, 5.74) is 2.23. The van der Waals surface area contributed by atoms with Crippen molar-refractivity contribution < 1.29 is 14.6 Å². The largest absolute Gasteiger partial charge is 0.507 e. The molecule has 0 amide bonds. The van der Waals surface area contributed by atoms with Gasteiger partial charge in [-0.05, 0) is 45.7 Å². The summed E-state index contributed by atoms with van der Waals surface area (Å²) in [6, 6.07) is 32.7. The van der Waals surface area contributed by atoms with Crippen LogP contribution in [0.25, 0.3) is 32.7 Å². The monoisotopic (exact) mass is 444 g/mol. The SMILES string of the molecule is C=CC[C@H](C(=O)Oc1ccc2ccccc2c1-c1c(O)ccc2ccccc12)c1ccccc1. The van der Waals surface area contributed by atoms with Crippen molar-refractivity contribution in [1.82, 2.24) is 0 Å². The Kier molecular flexibility index (Phi) is 5.84. The minimum Gasteiger partial charge on any atom is -0.507 e. The first-order chi connectivity index (χ1) is 16.7. The van der Waals surface area contributed by atoms with E-state index in [2.05, 4.69) is 6.58 Å². The molecule has 1 N–H and O–H groups in total. The molecule has 1 atom stereocenters. The standard InChI is InChI=1S/C31H24O3/c1-2-10-26(21-11-4-3-5-12-21)31(33)34-28-20-18-23-14-7-9-16-25(23)30(28)29-24-15-8-6-13-22(24)17-19-27(29)32/h2-9,11-20,26,32H,1,10H2/t26-/m0/s1. The van der Waals surface area contributed by atoms with Gasteiger partial charge in [-0.25, -0.2) is 0 Å². The number of ether oxygens (including phenoxy) is 1. The Labute approximate surface area is 198 Å². The number of phenolic OH excluding ortho intramolecular Hbond substituents is 1. The molecule has 5 aromatic rings. The zero-order chi connectivity index (χ0) is 23.5. The second kappa shape index (κ2) is 9.24. The third kappa shape index (κ3) is 3.93. The van der Waals surface area contributed by atoms with Crippen LogP contribution in [-0.2, 0) is 4.79 Å². The lowest BCUT2D eigenvalue weighted by Gasteiger charge is -2.19. The van der Waals surface area contributed by atoms with Gasteiger partial charge in [0.2, 0.25) is 0 Å². The molecule has 0 aliphatic carbocycles. The molecular formula is C31H24O3. The van der Waals surface area contributed by atoms with E-state index in [-0.39, 0.29) is 11.7 Å². The van der Waals surface area contributed by atoms with Crippen molar-refractivity contribution in [3.8, 4) is 22.6 Å². The van der Waals surface area contributed by atoms with Crippen LogP contribution in [-0.4, -0.2) is 11.1 Å². The van der Waals surface area contributed by atoms with Crippen molar-refractivity contribution in [3.63, 3.8) is 0 Å². The van der Waals surface area contributed by atoms with Crippen LogP contribution in [0.5, 0.6) is 11.5 Å². The van der Waals surface area contributed by atoms with Gasteiger partial charge in [0.1, 0.15) is 11.5 Å². The van der Waals surface area contributed by atoms with Crippen LogP contribution >= 0.6 is 0 Å². The summed E-state index contributed by atoms with van der Waals surface area (Å²) < 4.78 is 6.08. The molecule has 3 heteroatoms. The van der Waals surface area contributed by atoms with Gasteiger partial charge in [0, 0.05) is 11.1 Å². The van der Waals surface area contributed by atoms with E-state index in [1.54, 1.807) is 12.1 Å². The Morgan fingerprint density at radius 2 is 1.35 bits per heavy atom. The maximum Gasteiger partial charge on any atom is 0.319 e. The van der Waals surface area contributed by atoms with Crippen molar-refractivity contribution in [2.75, 3.05) is 0 Å². The quantitative estimate of drug-likeness (QED) is 0.166. The van der Waals surface area contributed by atoms with Crippen LogP contribution in [0.2, 0.25) is 0 Å². The molecule has 0 saturated heterocycles. The lowest BCUT2D eigenvalue weighted by atomic mass is 9.92. The number of allylic oxidation sites excluding steroid dienone is 1. The lowest BCUT2D eigenvalue weighted by Crippen LogP contribution is -2.19. The number of hydrogen-bond acceptors (Lipinski definition) is 3. The summed E-state index contributed by atoms with van der Waals surface area (Å²) >= 11 is 0. The van der Waals surface area contributed by atoms with Crippen LogP contribution in [0.4, 0.5) is 0 Å². The number of rotatable bonds is 6. The number of esters is 1. The maximum atomic E-state index is 13.4. The summed E-state index contributed by atoms with van der Waals surface area (Å²) in [4.78, 5) is 13.4. The van der Waals surface area contributed by atoms with E-state index in [0.717, 1.165) is 27.1 Å². The van der Waals surface area contributed by atoms with Gasteiger partial charge in [0.25, 0.3) is 0 Å². The highest BCUT2D eigenvalue weighted by atomic mass is 16.5. The highest BCUT2D eigenvalue weighted by Gasteiger charge is 2.25. The lowest BCUT2D eigenvalue weighted by molar-refractivity contribution is -0.136. The van der Waals surface area contributed by atoms with Gasteiger partial charge in [-0.3, -0.25) is 4.79 Å². The Balaban J connectivity index is 1.70. The van der Waals surface area contributed by atoms with E-state index < -0.39 is 5.92 Å². The fourth-order valence-electron chi connectivity index (χ4n) is 4.52. The number of hydrogen-bond donors (Lipinski definition) is 1. The molecule has 0 saturated carbocycles. The number of aromatic hydroxyl groups is 1. The molecule has 0 aliphatic heterocycles. The van der Waals surface area contributed by atoms with Gasteiger partial charge in [-0.15, -0.1) is 6.58 Å². The van der Waals surface area contributed by atoms with Crippen molar-refractivity contribution in [3.05, 3.63) is 121 Å². The fraction of sp³-hybridized carbons (Fsp3) is 0.0645. The third-order valence-electron chi connectivity index (χ3n) is 6.15. The number of phenols is 1. The highest BCUT2D eigenvalue weighted by molar-refractivity contribution is 6.10. The predicted octanol–water partition coefficient (Wildman–Crippen LogP) is 7.63. The summed E-state index contributed by atoms with van der Waals surface area (Å²) in [5.74, 6) is -0.278. The molecule has 0 aromatic heterocycles. The second-order valence-electron chi connectivity index (χ2n) is 8.25. The van der Waals surface area contributed by atoms with Gasteiger partial charge in [-0.1, -0.05) is 97.1 Å². The first-order valence-corrected chi connectivity index (χ1v) is 11.3. The van der Waals surface area contributed by atoms with Crippen LogP contribution in [0, 0.1) is 0 Å². The molecule has 0 bridgehead atoms. The Bertz CT molecular complexity index is 1500. The van der Waals surface area contributed by atoms with Crippen LogP contribution in [0.1, 0.15) is 17.9 Å². The van der Waals surface area contributed by atoms with Crippen molar-refractivity contribution >= 4 is 27.5 Å². The van der Waals surface area contributed by atoms with E-state index in [1.807, 2.05) is 97.1 Å². The molecule has 166 valence electrons. The molecule has 34 heavy (non-hydrogen) atoms. The third-order valence-corrected chi connectivity index (χ3v) is 6.15. The van der Waals surface area contributed by atoms with E-state index in [9.17, 15) is 9.90 Å². The Morgan fingerprint density at radius 1 is 0.765 bits per heavy atom. The van der Waals surface area contributed by atoms with Crippen molar-refractivity contribution in [1.29, 1.82) is 0 Å². The highest BCUT2D eigenvalue weighted by Crippen LogP contribution is 2.45.